The van der Waals surface area contributed by atoms with Gasteiger partial charge in [-0.15, -0.1) is 10.2 Å². The van der Waals surface area contributed by atoms with Crippen LogP contribution in [0.25, 0.3) is 11.6 Å². The van der Waals surface area contributed by atoms with E-state index in [1.807, 2.05) is 6.92 Å². The van der Waals surface area contributed by atoms with E-state index in [0.29, 0.717) is 23.3 Å². The van der Waals surface area contributed by atoms with Gasteiger partial charge in [-0.1, -0.05) is 11.8 Å². The lowest BCUT2D eigenvalue weighted by Crippen LogP contribution is -2.31. The van der Waals surface area contributed by atoms with E-state index in [-0.39, 0.29) is 11.2 Å². The van der Waals surface area contributed by atoms with Crippen LogP contribution in [0.15, 0.2) is 28.0 Å². The van der Waals surface area contributed by atoms with Gasteiger partial charge in [0, 0.05) is 6.54 Å². The Morgan fingerprint density at radius 3 is 3.05 bits per heavy atom. The highest BCUT2D eigenvalue weighted by Crippen LogP contribution is 2.24. The first kappa shape index (κ1) is 13.5. The van der Waals surface area contributed by atoms with Gasteiger partial charge < -0.3 is 15.6 Å². The van der Waals surface area contributed by atoms with Gasteiger partial charge in [0.2, 0.25) is 16.9 Å². The van der Waals surface area contributed by atoms with Gasteiger partial charge in [0.1, 0.15) is 0 Å². The molecular weight excluding hydrogens is 266 g/mol. The molecule has 0 radical (unpaired) electrons. The van der Waals surface area contributed by atoms with Crippen LogP contribution >= 0.6 is 11.8 Å². The molecule has 0 unspecified atom stereocenters. The SMILES string of the molecule is CCNC(=O)[C@H](C)Sc1nnc(-c2ccco2)n1N. The number of nitrogens with zero attached hydrogens (tertiary/aromatic N) is 3. The van der Waals surface area contributed by atoms with Crippen LogP contribution in [0.5, 0.6) is 0 Å². The highest BCUT2D eigenvalue weighted by Gasteiger charge is 2.20. The predicted molar refractivity (Wildman–Crippen MR) is 71.9 cm³/mol. The van der Waals surface area contributed by atoms with E-state index in [1.54, 1.807) is 19.1 Å². The Hall–Kier alpha value is -1.96. The number of aromatic nitrogens is 3. The second-order valence-corrected chi connectivity index (χ2v) is 5.12. The molecule has 0 spiro atoms. The quantitative estimate of drug-likeness (QED) is 0.623. The number of amides is 1. The summed E-state index contributed by atoms with van der Waals surface area (Å²) >= 11 is 1.25. The number of nitrogens with one attached hydrogen (secondary N) is 1. The van der Waals surface area contributed by atoms with E-state index >= 15 is 0 Å². The maximum Gasteiger partial charge on any atom is 0.233 e. The number of hydrogen-bond acceptors (Lipinski definition) is 6. The lowest BCUT2D eigenvalue weighted by Gasteiger charge is -2.09. The van der Waals surface area contributed by atoms with E-state index in [2.05, 4.69) is 15.5 Å². The van der Waals surface area contributed by atoms with Gasteiger partial charge in [-0.3, -0.25) is 4.79 Å². The van der Waals surface area contributed by atoms with Crippen molar-refractivity contribution in [1.82, 2.24) is 20.2 Å². The summed E-state index contributed by atoms with van der Waals surface area (Å²) in [6, 6.07) is 3.49. The van der Waals surface area contributed by atoms with Crippen molar-refractivity contribution in [2.24, 2.45) is 0 Å². The van der Waals surface area contributed by atoms with Crippen molar-refractivity contribution in [3.05, 3.63) is 18.4 Å². The molecule has 0 aliphatic heterocycles. The molecule has 19 heavy (non-hydrogen) atoms. The monoisotopic (exact) mass is 281 g/mol. The van der Waals surface area contributed by atoms with Gasteiger partial charge in [-0.05, 0) is 26.0 Å². The molecule has 2 rings (SSSR count). The molecule has 0 aromatic carbocycles. The van der Waals surface area contributed by atoms with Crippen LogP contribution in [0.3, 0.4) is 0 Å². The first-order valence-electron chi connectivity index (χ1n) is 5.82. The van der Waals surface area contributed by atoms with Crippen molar-refractivity contribution in [3.63, 3.8) is 0 Å². The summed E-state index contributed by atoms with van der Waals surface area (Å²) in [5, 5.41) is 10.8. The van der Waals surface area contributed by atoms with Crippen molar-refractivity contribution in [1.29, 1.82) is 0 Å². The van der Waals surface area contributed by atoms with Crippen molar-refractivity contribution in [3.8, 4) is 11.6 Å². The fourth-order valence-electron chi connectivity index (χ4n) is 1.46. The topological polar surface area (TPSA) is 99.0 Å². The third-order valence-electron chi connectivity index (χ3n) is 2.41. The van der Waals surface area contributed by atoms with Crippen LogP contribution in [0, 0.1) is 0 Å². The van der Waals surface area contributed by atoms with Gasteiger partial charge in [0.05, 0.1) is 11.5 Å². The highest BCUT2D eigenvalue weighted by atomic mass is 32.2. The average Bonchev–Trinajstić information content (AvgIpc) is 3.00. The zero-order chi connectivity index (χ0) is 13.8. The molecular formula is C11H15N5O2S. The van der Waals surface area contributed by atoms with Crippen LogP contribution in [0.2, 0.25) is 0 Å². The third-order valence-corrected chi connectivity index (χ3v) is 3.47. The Kier molecular flexibility index (Phi) is 4.10. The number of carbonyl (C=O) groups is 1. The Balaban J connectivity index is 2.12. The standard InChI is InChI=1S/C11H15N5O2S/c1-3-13-10(17)7(2)19-11-15-14-9(16(11)12)8-5-4-6-18-8/h4-7H,3,12H2,1-2H3,(H,13,17)/t7-/m0/s1. The third kappa shape index (κ3) is 2.90. The van der Waals surface area contributed by atoms with Gasteiger partial charge >= 0.3 is 0 Å². The van der Waals surface area contributed by atoms with Crippen molar-refractivity contribution in [2.45, 2.75) is 24.3 Å². The summed E-state index contributed by atoms with van der Waals surface area (Å²) in [5.74, 6) is 6.80. The fourth-order valence-corrected chi connectivity index (χ4v) is 2.26. The number of carbonyl (C=O) groups excluding carboxylic acids is 1. The maximum absolute atomic E-state index is 11.6. The Morgan fingerprint density at radius 1 is 1.63 bits per heavy atom. The molecule has 0 aliphatic rings. The first-order chi connectivity index (χ1) is 9.13. The molecule has 7 nitrogen and oxygen atoms in total. The number of nitrogens with two attached hydrogens (primary N) is 1. The second-order valence-electron chi connectivity index (χ2n) is 3.81. The molecule has 2 heterocycles. The Bertz CT molecular complexity index is 551. The van der Waals surface area contributed by atoms with Gasteiger partial charge in [0.25, 0.3) is 0 Å². The minimum absolute atomic E-state index is 0.0601. The normalized spacial score (nSPS) is 12.3. The zero-order valence-corrected chi connectivity index (χ0v) is 11.5. The first-order valence-corrected chi connectivity index (χ1v) is 6.70. The molecule has 2 aromatic heterocycles. The number of hydrogen-bond donors (Lipinski definition) is 2. The van der Waals surface area contributed by atoms with Crippen LogP contribution < -0.4 is 11.2 Å². The maximum atomic E-state index is 11.6. The number of furan rings is 1. The van der Waals surface area contributed by atoms with Gasteiger partial charge in [0.15, 0.2) is 5.76 Å². The minimum Gasteiger partial charge on any atom is -0.461 e. The molecule has 0 saturated heterocycles. The van der Waals surface area contributed by atoms with Gasteiger partial charge in [-0.25, -0.2) is 4.68 Å². The summed E-state index contributed by atoms with van der Waals surface area (Å²) < 4.78 is 6.53. The zero-order valence-electron chi connectivity index (χ0n) is 10.7. The van der Waals surface area contributed by atoms with Crippen LogP contribution in [0.1, 0.15) is 13.8 Å². The minimum atomic E-state index is -0.295. The molecule has 102 valence electrons. The molecule has 2 aromatic rings. The smallest absolute Gasteiger partial charge is 0.233 e. The van der Waals surface area contributed by atoms with Crippen molar-refractivity contribution >= 4 is 17.7 Å². The lowest BCUT2D eigenvalue weighted by molar-refractivity contribution is -0.120. The molecule has 0 fully saturated rings. The molecule has 3 N–H and O–H groups in total. The molecule has 1 amide bonds. The Morgan fingerprint density at radius 2 is 2.42 bits per heavy atom. The summed E-state index contributed by atoms with van der Waals surface area (Å²) in [6.07, 6.45) is 1.54. The summed E-state index contributed by atoms with van der Waals surface area (Å²) in [4.78, 5) is 11.6. The largest absolute Gasteiger partial charge is 0.461 e. The van der Waals surface area contributed by atoms with E-state index in [4.69, 9.17) is 10.3 Å². The molecule has 8 heteroatoms. The van der Waals surface area contributed by atoms with E-state index in [1.165, 1.54) is 22.7 Å². The molecule has 0 bridgehead atoms. The Labute approximate surface area is 114 Å². The predicted octanol–water partition coefficient (Wildman–Crippen LogP) is 0.869. The second kappa shape index (κ2) is 5.79. The van der Waals surface area contributed by atoms with E-state index in [9.17, 15) is 4.79 Å². The summed E-state index contributed by atoms with van der Waals surface area (Å²) in [5.41, 5.74) is 0. The fraction of sp³-hybridized carbons (Fsp3) is 0.364. The van der Waals surface area contributed by atoms with Gasteiger partial charge in [-0.2, -0.15) is 0 Å². The molecule has 0 aliphatic carbocycles. The highest BCUT2D eigenvalue weighted by molar-refractivity contribution is 8.00. The van der Waals surface area contributed by atoms with Crippen LogP contribution in [-0.4, -0.2) is 32.6 Å². The van der Waals surface area contributed by atoms with Crippen LogP contribution in [0.4, 0.5) is 0 Å². The van der Waals surface area contributed by atoms with Crippen LogP contribution in [-0.2, 0) is 4.79 Å². The van der Waals surface area contributed by atoms with E-state index in [0.717, 1.165) is 0 Å². The number of thioether (sulfide) groups is 1. The molecule has 1 atom stereocenters. The lowest BCUT2D eigenvalue weighted by atomic mass is 10.4. The number of rotatable bonds is 5. The summed E-state index contributed by atoms with van der Waals surface area (Å²) in [7, 11) is 0. The van der Waals surface area contributed by atoms with E-state index < -0.39 is 0 Å². The number of nitrogen functional groups attached to an aromatic ring is 1. The summed E-state index contributed by atoms with van der Waals surface area (Å²) in [6.45, 7) is 4.25. The van der Waals surface area contributed by atoms with Crippen molar-refractivity contribution < 1.29 is 9.21 Å². The molecule has 0 saturated carbocycles. The van der Waals surface area contributed by atoms with Crippen molar-refractivity contribution in [2.75, 3.05) is 12.4 Å². The average molecular weight is 281 g/mol.